The number of carbonyl (C=O) groups excluding carboxylic acids is 1. The van der Waals surface area contributed by atoms with Gasteiger partial charge in [0.05, 0.1) is 5.56 Å². The molecule has 1 unspecified atom stereocenters. The molecule has 0 bridgehead atoms. The molecule has 0 aliphatic carbocycles. The van der Waals surface area contributed by atoms with E-state index in [2.05, 4.69) is 12.2 Å². The number of carbonyl (C=O) groups is 2. The molecule has 1 amide bonds. The summed E-state index contributed by atoms with van der Waals surface area (Å²) < 4.78 is 5.74. The Balaban J connectivity index is 2.06. The van der Waals surface area contributed by atoms with Crippen LogP contribution in [0.1, 0.15) is 40.9 Å². The molecule has 2 aromatic rings. The lowest BCUT2D eigenvalue weighted by atomic mass is 10.0. The minimum Gasteiger partial charge on any atom is -0.483 e. The highest BCUT2D eigenvalue weighted by molar-refractivity contribution is 5.87. The van der Waals surface area contributed by atoms with Crippen molar-refractivity contribution in [2.75, 3.05) is 20.7 Å². The number of benzene rings is 2. The van der Waals surface area contributed by atoms with Crippen molar-refractivity contribution in [3.8, 4) is 5.75 Å². The van der Waals surface area contributed by atoms with Gasteiger partial charge in [0.1, 0.15) is 5.75 Å². The van der Waals surface area contributed by atoms with Crippen molar-refractivity contribution in [3.63, 3.8) is 0 Å². The molecule has 27 heavy (non-hydrogen) atoms. The van der Waals surface area contributed by atoms with E-state index in [4.69, 9.17) is 9.84 Å². The number of hydrogen-bond acceptors (Lipinski definition) is 4. The van der Waals surface area contributed by atoms with E-state index in [0.717, 1.165) is 17.5 Å². The summed E-state index contributed by atoms with van der Waals surface area (Å²) in [6, 6.07) is 14.6. The smallest absolute Gasteiger partial charge is 0.335 e. The summed E-state index contributed by atoms with van der Waals surface area (Å²) >= 11 is 0. The van der Waals surface area contributed by atoms with E-state index in [1.54, 1.807) is 38.4 Å². The number of aromatic carboxylic acids is 1. The van der Waals surface area contributed by atoms with Crippen molar-refractivity contribution in [1.29, 1.82) is 0 Å². The fraction of sp³-hybridized carbons (Fsp3) is 0.333. The Kier molecular flexibility index (Phi) is 7.37. The van der Waals surface area contributed by atoms with Gasteiger partial charge in [-0.05, 0) is 30.2 Å². The van der Waals surface area contributed by atoms with E-state index in [9.17, 15) is 9.59 Å². The van der Waals surface area contributed by atoms with E-state index in [0.29, 0.717) is 12.3 Å². The van der Waals surface area contributed by atoms with Crippen molar-refractivity contribution >= 4 is 11.9 Å². The van der Waals surface area contributed by atoms with Crippen LogP contribution in [0.15, 0.2) is 48.5 Å². The molecule has 2 rings (SSSR count). The summed E-state index contributed by atoms with van der Waals surface area (Å²) in [5, 5.41) is 12.5. The average molecular weight is 370 g/mol. The van der Waals surface area contributed by atoms with E-state index in [1.807, 2.05) is 24.3 Å². The number of para-hydroxylation sites is 1. The normalized spacial score (nSPS) is 11.7. The average Bonchev–Trinajstić information content (AvgIpc) is 2.67. The molecule has 0 spiro atoms. The van der Waals surface area contributed by atoms with Gasteiger partial charge in [-0.15, -0.1) is 0 Å². The number of amides is 1. The Morgan fingerprint density at radius 3 is 2.37 bits per heavy atom. The zero-order valence-corrected chi connectivity index (χ0v) is 15.9. The molecule has 0 aliphatic rings. The van der Waals surface area contributed by atoms with Crippen LogP contribution >= 0.6 is 0 Å². The van der Waals surface area contributed by atoms with Crippen LogP contribution in [0.25, 0.3) is 0 Å². The second-order valence-electron chi connectivity index (χ2n) is 6.46. The van der Waals surface area contributed by atoms with Gasteiger partial charge in [0, 0.05) is 32.2 Å². The second kappa shape index (κ2) is 9.73. The van der Waals surface area contributed by atoms with Crippen LogP contribution in [-0.2, 0) is 11.3 Å². The predicted octanol–water partition coefficient (Wildman–Crippen LogP) is 3.09. The molecular formula is C21H26N2O4. The van der Waals surface area contributed by atoms with Crippen LogP contribution < -0.4 is 10.1 Å². The zero-order valence-electron chi connectivity index (χ0n) is 15.9. The number of carboxylic acid groups (broad SMARTS) is 1. The van der Waals surface area contributed by atoms with E-state index in [1.165, 1.54) is 4.90 Å². The number of hydrogen-bond donors (Lipinski definition) is 2. The lowest BCUT2D eigenvalue weighted by molar-refractivity contribution is -0.130. The Morgan fingerprint density at radius 1 is 1.11 bits per heavy atom. The van der Waals surface area contributed by atoms with Gasteiger partial charge >= 0.3 is 5.97 Å². The maximum Gasteiger partial charge on any atom is 0.335 e. The largest absolute Gasteiger partial charge is 0.483 e. The summed E-state index contributed by atoms with van der Waals surface area (Å²) in [4.78, 5) is 24.2. The maximum atomic E-state index is 11.8. The van der Waals surface area contributed by atoms with E-state index < -0.39 is 5.97 Å². The molecule has 0 saturated heterocycles. The van der Waals surface area contributed by atoms with Gasteiger partial charge in [-0.1, -0.05) is 37.3 Å². The molecule has 2 aromatic carbocycles. The van der Waals surface area contributed by atoms with Gasteiger partial charge in [-0.25, -0.2) is 4.79 Å². The number of nitrogens with one attached hydrogen (secondary N) is 1. The summed E-state index contributed by atoms with van der Waals surface area (Å²) in [6.07, 6.45) is 0.842. The molecule has 1 atom stereocenters. The molecule has 6 nitrogen and oxygen atoms in total. The van der Waals surface area contributed by atoms with Gasteiger partial charge in [0.25, 0.3) is 5.91 Å². The van der Waals surface area contributed by atoms with Crippen molar-refractivity contribution in [2.24, 2.45) is 0 Å². The Hall–Kier alpha value is -2.86. The van der Waals surface area contributed by atoms with Crippen LogP contribution in [0.3, 0.4) is 0 Å². The first-order valence-electron chi connectivity index (χ1n) is 8.89. The molecule has 6 heteroatoms. The fourth-order valence-electron chi connectivity index (χ4n) is 2.65. The van der Waals surface area contributed by atoms with Crippen LogP contribution in [0, 0.1) is 0 Å². The molecule has 0 aromatic heterocycles. The third-order valence-electron chi connectivity index (χ3n) is 4.31. The van der Waals surface area contributed by atoms with Gasteiger partial charge in [0.2, 0.25) is 0 Å². The first-order chi connectivity index (χ1) is 12.9. The number of carboxylic acids is 1. The number of rotatable bonds is 9. The second-order valence-corrected chi connectivity index (χ2v) is 6.46. The van der Waals surface area contributed by atoms with E-state index >= 15 is 0 Å². The van der Waals surface area contributed by atoms with Crippen molar-refractivity contribution in [2.45, 2.75) is 25.9 Å². The molecular weight excluding hydrogens is 344 g/mol. The van der Waals surface area contributed by atoms with Crippen molar-refractivity contribution < 1.29 is 19.4 Å². The van der Waals surface area contributed by atoms with Crippen molar-refractivity contribution in [1.82, 2.24) is 10.2 Å². The Labute approximate surface area is 159 Å². The number of ether oxygens (including phenoxy) is 1. The minimum absolute atomic E-state index is 0.00288. The fourth-order valence-corrected chi connectivity index (χ4v) is 2.65. The standard InChI is InChI=1S/C21H26N2O4/c1-4-18(22-13-15-9-11-16(12-10-15)21(25)26)17-7-5-6-8-19(17)27-14-20(24)23(2)3/h5-12,18,22H,4,13-14H2,1-3H3,(H,25,26). The molecule has 0 saturated carbocycles. The quantitative estimate of drug-likeness (QED) is 0.709. The highest BCUT2D eigenvalue weighted by Crippen LogP contribution is 2.27. The molecule has 0 heterocycles. The van der Waals surface area contributed by atoms with E-state index in [-0.39, 0.29) is 24.1 Å². The van der Waals surface area contributed by atoms with Crippen LogP contribution in [0.4, 0.5) is 0 Å². The first-order valence-corrected chi connectivity index (χ1v) is 8.89. The first kappa shape index (κ1) is 20.5. The highest BCUT2D eigenvalue weighted by atomic mass is 16.5. The number of likely N-dealkylation sites (N-methyl/N-ethyl adjacent to an activating group) is 1. The SMILES string of the molecule is CCC(NCc1ccc(C(=O)O)cc1)c1ccccc1OCC(=O)N(C)C. The third-order valence-corrected chi connectivity index (χ3v) is 4.31. The molecule has 0 aliphatic heterocycles. The summed E-state index contributed by atoms with van der Waals surface area (Å²) in [6.45, 7) is 2.67. The zero-order chi connectivity index (χ0) is 19.8. The summed E-state index contributed by atoms with van der Waals surface area (Å²) in [7, 11) is 3.40. The van der Waals surface area contributed by atoms with Gasteiger partial charge < -0.3 is 20.1 Å². The Bertz CT molecular complexity index is 772. The van der Waals surface area contributed by atoms with Crippen molar-refractivity contribution in [3.05, 3.63) is 65.2 Å². The molecule has 2 N–H and O–H groups in total. The third kappa shape index (κ3) is 5.82. The van der Waals surface area contributed by atoms with Crippen LogP contribution in [-0.4, -0.2) is 42.6 Å². The van der Waals surface area contributed by atoms with Crippen LogP contribution in [0.5, 0.6) is 5.75 Å². The van der Waals surface area contributed by atoms with Gasteiger partial charge in [0.15, 0.2) is 6.61 Å². The molecule has 144 valence electrons. The van der Waals surface area contributed by atoms with Crippen LogP contribution in [0.2, 0.25) is 0 Å². The molecule has 0 radical (unpaired) electrons. The lowest BCUT2D eigenvalue weighted by Crippen LogP contribution is -2.28. The summed E-state index contributed by atoms with van der Waals surface area (Å²) in [5.74, 6) is -0.336. The predicted molar refractivity (Wildman–Crippen MR) is 104 cm³/mol. The Morgan fingerprint density at radius 2 is 1.78 bits per heavy atom. The molecule has 0 fully saturated rings. The number of nitrogens with zero attached hydrogens (tertiary/aromatic N) is 1. The highest BCUT2D eigenvalue weighted by Gasteiger charge is 2.15. The topological polar surface area (TPSA) is 78.9 Å². The lowest BCUT2D eigenvalue weighted by Gasteiger charge is -2.21. The summed E-state index contributed by atoms with van der Waals surface area (Å²) in [5.41, 5.74) is 2.27. The maximum absolute atomic E-state index is 11.8. The van der Waals surface area contributed by atoms with Gasteiger partial charge in [-0.2, -0.15) is 0 Å². The monoisotopic (exact) mass is 370 g/mol. The van der Waals surface area contributed by atoms with Gasteiger partial charge in [-0.3, -0.25) is 4.79 Å². The minimum atomic E-state index is -0.931.